The first-order valence-electron chi connectivity index (χ1n) is 8.59. The van der Waals surface area contributed by atoms with Gasteiger partial charge in [0.05, 0.1) is 15.6 Å². The van der Waals surface area contributed by atoms with Crippen molar-refractivity contribution in [2.45, 2.75) is 26.4 Å². The number of hydrogen-bond donors (Lipinski definition) is 0. The summed E-state index contributed by atoms with van der Waals surface area (Å²) in [6, 6.07) is 11.0. The van der Waals surface area contributed by atoms with Crippen molar-refractivity contribution in [2.24, 2.45) is 5.92 Å². The number of likely N-dealkylation sites (tertiary alicyclic amines) is 1. The van der Waals surface area contributed by atoms with Crippen LogP contribution in [0.1, 0.15) is 30.9 Å². The summed E-state index contributed by atoms with van der Waals surface area (Å²) in [4.78, 5) is 3.04. The Morgan fingerprint density at radius 1 is 1.08 bits per heavy atom. The van der Waals surface area contributed by atoms with Crippen LogP contribution in [0.5, 0.6) is 5.75 Å². The number of rotatable bonds is 4. The lowest BCUT2D eigenvalue weighted by Crippen LogP contribution is -2.37. The zero-order chi connectivity index (χ0) is 18.7. The maximum Gasteiger partial charge on any atom is 0.130 e. The van der Waals surface area contributed by atoms with Gasteiger partial charge in [-0.1, -0.05) is 60.0 Å². The number of halogens is 3. The predicted molar refractivity (Wildman–Crippen MR) is 114 cm³/mol. The highest BCUT2D eigenvalue weighted by Crippen LogP contribution is 2.29. The molecular weight excluding hydrogens is 409 g/mol. The van der Waals surface area contributed by atoms with Gasteiger partial charge >= 0.3 is 0 Å². The standard InChI is InChI=1S/C20H20Cl3NOS/c1-13-6-8-24(9-7-13)20(26)16-11-15(21)3-5-19(16)25-12-14-2-4-17(22)18(23)10-14/h2-5,10-11,13H,6-9,12H2,1H3. The first-order chi connectivity index (χ1) is 12.4. The Balaban J connectivity index is 1.77. The minimum absolute atomic E-state index is 0.380. The second-order valence-electron chi connectivity index (χ2n) is 6.65. The number of benzene rings is 2. The van der Waals surface area contributed by atoms with E-state index in [4.69, 9.17) is 51.8 Å². The van der Waals surface area contributed by atoms with Gasteiger partial charge in [0.15, 0.2) is 0 Å². The molecule has 0 unspecified atom stereocenters. The molecule has 1 aliphatic heterocycles. The monoisotopic (exact) mass is 427 g/mol. The highest BCUT2D eigenvalue weighted by atomic mass is 35.5. The highest BCUT2D eigenvalue weighted by Gasteiger charge is 2.21. The summed E-state index contributed by atoms with van der Waals surface area (Å²) in [5.41, 5.74) is 1.81. The van der Waals surface area contributed by atoms with E-state index in [0.29, 0.717) is 21.7 Å². The van der Waals surface area contributed by atoms with Crippen LogP contribution in [0.2, 0.25) is 15.1 Å². The van der Waals surface area contributed by atoms with Crippen molar-refractivity contribution in [2.75, 3.05) is 13.1 Å². The molecule has 2 aromatic rings. The molecule has 0 spiro atoms. The van der Waals surface area contributed by atoms with Crippen LogP contribution in [0.3, 0.4) is 0 Å². The van der Waals surface area contributed by atoms with Gasteiger partial charge in [-0.2, -0.15) is 0 Å². The van der Waals surface area contributed by atoms with E-state index < -0.39 is 0 Å². The van der Waals surface area contributed by atoms with Gasteiger partial charge in [0.1, 0.15) is 17.3 Å². The average molecular weight is 429 g/mol. The molecule has 1 fully saturated rings. The highest BCUT2D eigenvalue weighted by molar-refractivity contribution is 7.80. The lowest BCUT2D eigenvalue weighted by Gasteiger charge is -2.32. The van der Waals surface area contributed by atoms with Gasteiger partial charge in [-0.15, -0.1) is 0 Å². The Morgan fingerprint density at radius 2 is 1.81 bits per heavy atom. The van der Waals surface area contributed by atoms with Crippen LogP contribution in [-0.4, -0.2) is 23.0 Å². The summed E-state index contributed by atoms with van der Waals surface area (Å²) in [5, 5.41) is 1.69. The molecule has 0 N–H and O–H groups in total. The maximum atomic E-state index is 6.21. The Hall–Kier alpha value is -1.000. The fourth-order valence-electron chi connectivity index (χ4n) is 2.97. The molecule has 0 radical (unpaired) electrons. The zero-order valence-electron chi connectivity index (χ0n) is 14.5. The third-order valence-corrected chi connectivity index (χ3v) is 6.07. The van der Waals surface area contributed by atoms with Crippen LogP contribution in [0.4, 0.5) is 0 Å². The number of piperidine rings is 1. The largest absolute Gasteiger partial charge is 0.488 e. The van der Waals surface area contributed by atoms with Crippen molar-refractivity contribution in [1.82, 2.24) is 4.90 Å². The summed E-state index contributed by atoms with van der Waals surface area (Å²) in [5.74, 6) is 1.47. The third kappa shape index (κ3) is 4.83. The molecule has 1 saturated heterocycles. The Kier molecular flexibility index (Phi) is 6.68. The van der Waals surface area contributed by atoms with Crippen molar-refractivity contribution in [3.05, 3.63) is 62.6 Å². The third-order valence-electron chi connectivity index (χ3n) is 4.62. The molecular formula is C20H20Cl3NOS. The minimum atomic E-state index is 0.380. The molecule has 0 atom stereocenters. The van der Waals surface area contributed by atoms with E-state index >= 15 is 0 Å². The van der Waals surface area contributed by atoms with Crippen LogP contribution >= 0.6 is 47.0 Å². The molecule has 0 aromatic heterocycles. The van der Waals surface area contributed by atoms with Crippen LogP contribution < -0.4 is 4.74 Å². The van der Waals surface area contributed by atoms with Gasteiger partial charge < -0.3 is 9.64 Å². The predicted octanol–water partition coefficient (Wildman–Crippen LogP) is 6.63. The van der Waals surface area contributed by atoms with E-state index in [0.717, 1.165) is 53.7 Å². The number of ether oxygens (including phenoxy) is 1. The molecule has 2 nitrogen and oxygen atoms in total. The molecule has 1 aliphatic rings. The summed E-state index contributed by atoms with van der Waals surface area (Å²) in [7, 11) is 0. The van der Waals surface area contributed by atoms with Crippen molar-refractivity contribution in [3.8, 4) is 5.75 Å². The Labute approximate surface area is 175 Å². The van der Waals surface area contributed by atoms with Crippen molar-refractivity contribution in [1.29, 1.82) is 0 Å². The molecule has 0 aliphatic carbocycles. The van der Waals surface area contributed by atoms with Gasteiger partial charge in [0.25, 0.3) is 0 Å². The Bertz CT molecular complexity index is 804. The lowest BCUT2D eigenvalue weighted by atomic mass is 9.99. The zero-order valence-corrected chi connectivity index (χ0v) is 17.6. The second kappa shape index (κ2) is 8.79. The molecule has 3 rings (SSSR count). The second-order valence-corrected chi connectivity index (χ2v) is 8.29. The van der Waals surface area contributed by atoms with Crippen molar-refractivity contribution < 1.29 is 4.74 Å². The van der Waals surface area contributed by atoms with Crippen LogP contribution in [-0.2, 0) is 6.61 Å². The summed E-state index contributed by atoms with van der Waals surface area (Å²) < 4.78 is 6.03. The van der Waals surface area contributed by atoms with Crippen LogP contribution in [0.25, 0.3) is 0 Å². The smallest absolute Gasteiger partial charge is 0.130 e. The number of nitrogens with zero attached hydrogens (tertiary/aromatic N) is 1. The SMILES string of the molecule is CC1CCN(C(=S)c2cc(Cl)ccc2OCc2ccc(Cl)c(Cl)c2)CC1. The lowest BCUT2D eigenvalue weighted by molar-refractivity contribution is 0.281. The van der Waals surface area contributed by atoms with Crippen molar-refractivity contribution in [3.63, 3.8) is 0 Å². The van der Waals surface area contributed by atoms with E-state index in [1.165, 1.54) is 0 Å². The van der Waals surface area contributed by atoms with Crippen LogP contribution in [0.15, 0.2) is 36.4 Å². The first kappa shape index (κ1) is 19.8. The van der Waals surface area contributed by atoms with E-state index in [9.17, 15) is 0 Å². The van der Waals surface area contributed by atoms with Crippen LogP contribution in [0, 0.1) is 5.92 Å². The van der Waals surface area contributed by atoms with Gasteiger partial charge in [0.2, 0.25) is 0 Å². The van der Waals surface area contributed by atoms with E-state index in [2.05, 4.69) is 11.8 Å². The molecule has 0 bridgehead atoms. The maximum absolute atomic E-state index is 6.21. The molecule has 6 heteroatoms. The van der Waals surface area contributed by atoms with E-state index in [1.807, 2.05) is 30.3 Å². The number of thiocarbonyl (C=S) groups is 1. The van der Waals surface area contributed by atoms with Gasteiger partial charge in [0, 0.05) is 18.1 Å². The average Bonchev–Trinajstić information content (AvgIpc) is 2.63. The molecule has 0 saturated carbocycles. The Morgan fingerprint density at radius 3 is 2.50 bits per heavy atom. The van der Waals surface area contributed by atoms with E-state index in [-0.39, 0.29) is 0 Å². The van der Waals surface area contributed by atoms with Gasteiger partial charge in [-0.25, -0.2) is 0 Å². The minimum Gasteiger partial charge on any atom is -0.488 e. The first-order valence-corrected chi connectivity index (χ1v) is 10.1. The summed E-state index contributed by atoms with van der Waals surface area (Å²) in [6.07, 6.45) is 2.31. The van der Waals surface area contributed by atoms with Crippen molar-refractivity contribution >= 4 is 52.0 Å². The molecule has 1 heterocycles. The molecule has 138 valence electrons. The normalized spacial score (nSPS) is 15.2. The molecule has 26 heavy (non-hydrogen) atoms. The quantitative estimate of drug-likeness (QED) is 0.507. The fraction of sp³-hybridized carbons (Fsp3) is 0.350. The van der Waals surface area contributed by atoms with E-state index in [1.54, 1.807) is 6.07 Å². The summed E-state index contributed by atoms with van der Waals surface area (Å²) >= 11 is 24.0. The fourth-order valence-corrected chi connectivity index (χ4v) is 3.80. The van der Waals surface area contributed by atoms with Gasteiger partial charge in [-0.3, -0.25) is 0 Å². The molecule has 2 aromatic carbocycles. The summed E-state index contributed by atoms with van der Waals surface area (Å²) in [6.45, 7) is 4.61. The number of hydrogen-bond acceptors (Lipinski definition) is 2. The van der Waals surface area contributed by atoms with Gasteiger partial charge in [-0.05, 0) is 54.7 Å². The topological polar surface area (TPSA) is 12.5 Å². The molecule has 0 amide bonds.